The highest BCUT2D eigenvalue weighted by Gasteiger charge is 2.40. The molecular formula is C14H18N2O3. The third-order valence-electron chi connectivity index (χ3n) is 3.38. The summed E-state index contributed by atoms with van der Waals surface area (Å²) in [7, 11) is 1.60. The first-order valence-electron chi connectivity index (χ1n) is 6.24. The van der Waals surface area contributed by atoms with Crippen LogP contribution in [0, 0.1) is 0 Å². The zero-order chi connectivity index (χ0) is 13.7. The number of hydrogen-bond acceptors (Lipinski definition) is 4. The van der Waals surface area contributed by atoms with E-state index in [1.165, 1.54) is 6.20 Å². The van der Waals surface area contributed by atoms with Gasteiger partial charge in [0.15, 0.2) is 0 Å². The van der Waals surface area contributed by atoms with Crippen LogP contribution in [-0.4, -0.2) is 24.6 Å². The average Bonchev–Trinajstić information content (AvgIpc) is 2.38. The maximum Gasteiger partial charge on any atom is 0.249 e. The molecule has 1 N–H and O–H groups in total. The lowest BCUT2D eigenvalue weighted by molar-refractivity contribution is -0.143. The largest absolute Gasteiger partial charge is 0.495 e. The SMILES string of the molecule is C=CNC(=O)COC1(c2cncc(OC)c2)CCC1. The standard InChI is InChI=1S/C14H18N2O3/c1-3-16-13(17)10-19-14(5-4-6-14)11-7-12(18-2)9-15-8-11/h3,7-9H,1,4-6,10H2,2H3,(H,16,17). The van der Waals surface area contributed by atoms with Crippen LogP contribution in [0.3, 0.4) is 0 Å². The third kappa shape index (κ3) is 2.93. The molecule has 1 amide bonds. The van der Waals surface area contributed by atoms with Gasteiger partial charge in [0.2, 0.25) is 5.91 Å². The first-order valence-corrected chi connectivity index (χ1v) is 6.24. The van der Waals surface area contributed by atoms with Crippen molar-refractivity contribution in [3.05, 3.63) is 36.8 Å². The highest BCUT2D eigenvalue weighted by atomic mass is 16.5. The number of ether oxygens (including phenoxy) is 2. The van der Waals surface area contributed by atoms with E-state index in [4.69, 9.17) is 9.47 Å². The van der Waals surface area contributed by atoms with Crippen LogP contribution in [0.2, 0.25) is 0 Å². The zero-order valence-corrected chi connectivity index (χ0v) is 11.0. The van der Waals surface area contributed by atoms with Gasteiger partial charge >= 0.3 is 0 Å². The lowest BCUT2D eigenvalue weighted by Crippen LogP contribution is -2.40. The molecule has 0 atom stereocenters. The van der Waals surface area contributed by atoms with Gasteiger partial charge in [-0.1, -0.05) is 6.58 Å². The minimum Gasteiger partial charge on any atom is -0.495 e. The van der Waals surface area contributed by atoms with Gasteiger partial charge in [-0.15, -0.1) is 0 Å². The smallest absolute Gasteiger partial charge is 0.249 e. The van der Waals surface area contributed by atoms with Crippen molar-refractivity contribution in [2.45, 2.75) is 24.9 Å². The number of hydrogen-bond donors (Lipinski definition) is 1. The molecule has 1 fully saturated rings. The highest BCUT2D eigenvalue weighted by Crippen LogP contribution is 2.45. The lowest BCUT2D eigenvalue weighted by Gasteiger charge is -2.41. The molecule has 102 valence electrons. The molecule has 5 nitrogen and oxygen atoms in total. The molecule has 1 aliphatic carbocycles. The Morgan fingerprint density at radius 3 is 2.95 bits per heavy atom. The molecule has 1 aliphatic rings. The Balaban J connectivity index is 2.08. The van der Waals surface area contributed by atoms with E-state index >= 15 is 0 Å². The Morgan fingerprint density at radius 2 is 2.37 bits per heavy atom. The maximum absolute atomic E-state index is 11.4. The molecule has 1 saturated carbocycles. The van der Waals surface area contributed by atoms with E-state index < -0.39 is 5.60 Å². The minimum absolute atomic E-state index is 0.0171. The second-order valence-electron chi connectivity index (χ2n) is 4.52. The normalized spacial score (nSPS) is 16.3. The summed E-state index contributed by atoms with van der Waals surface area (Å²) in [5.41, 5.74) is 0.560. The van der Waals surface area contributed by atoms with Crippen LogP contribution in [0.25, 0.3) is 0 Å². The van der Waals surface area contributed by atoms with Crippen molar-refractivity contribution in [3.63, 3.8) is 0 Å². The lowest BCUT2D eigenvalue weighted by atomic mass is 9.75. The molecule has 5 heteroatoms. The van der Waals surface area contributed by atoms with Crippen LogP contribution in [0.5, 0.6) is 5.75 Å². The monoisotopic (exact) mass is 262 g/mol. The second kappa shape index (κ2) is 5.84. The summed E-state index contributed by atoms with van der Waals surface area (Å²) in [5.74, 6) is 0.500. The summed E-state index contributed by atoms with van der Waals surface area (Å²) >= 11 is 0. The fourth-order valence-corrected chi connectivity index (χ4v) is 2.15. The average molecular weight is 262 g/mol. The number of carbonyl (C=O) groups is 1. The van der Waals surface area contributed by atoms with E-state index in [9.17, 15) is 4.79 Å². The summed E-state index contributed by atoms with van der Waals surface area (Å²) in [6.45, 7) is 3.46. The fourth-order valence-electron chi connectivity index (χ4n) is 2.15. The number of nitrogens with zero attached hydrogens (tertiary/aromatic N) is 1. The Hall–Kier alpha value is -1.88. The Morgan fingerprint density at radius 1 is 1.58 bits per heavy atom. The van der Waals surface area contributed by atoms with Crippen molar-refractivity contribution in [1.29, 1.82) is 0 Å². The van der Waals surface area contributed by atoms with Gasteiger partial charge in [0.05, 0.1) is 18.9 Å². The van der Waals surface area contributed by atoms with Crippen molar-refractivity contribution in [2.24, 2.45) is 0 Å². The predicted octanol–water partition coefficient (Wildman–Crippen LogP) is 1.75. The number of pyridine rings is 1. The van der Waals surface area contributed by atoms with Crippen LogP contribution in [-0.2, 0) is 15.1 Å². The van der Waals surface area contributed by atoms with Crippen molar-refractivity contribution < 1.29 is 14.3 Å². The number of nitrogens with one attached hydrogen (secondary N) is 1. The molecule has 0 radical (unpaired) electrons. The molecule has 0 aromatic carbocycles. The van der Waals surface area contributed by atoms with Crippen LogP contribution >= 0.6 is 0 Å². The van der Waals surface area contributed by atoms with Gasteiger partial charge in [-0.3, -0.25) is 9.78 Å². The molecule has 2 rings (SSSR count). The van der Waals surface area contributed by atoms with Crippen molar-refractivity contribution in [3.8, 4) is 5.75 Å². The topological polar surface area (TPSA) is 60.5 Å². The van der Waals surface area contributed by atoms with Gasteiger partial charge < -0.3 is 14.8 Å². The van der Waals surface area contributed by atoms with E-state index in [-0.39, 0.29) is 12.5 Å². The molecule has 0 bridgehead atoms. The molecule has 0 spiro atoms. The van der Waals surface area contributed by atoms with Crippen LogP contribution in [0.4, 0.5) is 0 Å². The summed E-state index contributed by atoms with van der Waals surface area (Å²) in [5, 5.41) is 2.50. The summed E-state index contributed by atoms with van der Waals surface area (Å²) < 4.78 is 11.0. The van der Waals surface area contributed by atoms with Gasteiger partial charge in [0.1, 0.15) is 12.4 Å². The zero-order valence-electron chi connectivity index (χ0n) is 11.0. The van der Waals surface area contributed by atoms with E-state index in [1.54, 1.807) is 19.5 Å². The quantitative estimate of drug-likeness (QED) is 0.848. The van der Waals surface area contributed by atoms with E-state index in [0.29, 0.717) is 5.75 Å². The van der Waals surface area contributed by atoms with Gasteiger partial charge in [-0.05, 0) is 31.5 Å². The molecule has 1 aromatic heterocycles. The molecule has 0 aliphatic heterocycles. The molecule has 19 heavy (non-hydrogen) atoms. The summed E-state index contributed by atoms with van der Waals surface area (Å²) in [6.07, 6.45) is 7.65. The third-order valence-corrected chi connectivity index (χ3v) is 3.38. The first-order chi connectivity index (χ1) is 9.20. The van der Waals surface area contributed by atoms with Crippen LogP contribution in [0.15, 0.2) is 31.2 Å². The molecule has 1 heterocycles. The van der Waals surface area contributed by atoms with E-state index in [0.717, 1.165) is 24.8 Å². The molecule has 0 unspecified atom stereocenters. The minimum atomic E-state index is -0.403. The molecule has 1 aromatic rings. The van der Waals surface area contributed by atoms with Crippen molar-refractivity contribution in [2.75, 3.05) is 13.7 Å². The summed E-state index contributed by atoms with van der Waals surface area (Å²) in [6, 6.07) is 1.91. The Kier molecular flexibility index (Phi) is 4.16. The Bertz CT molecular complexity index is 470. The fraction of sp³-hybridized carbons (Fsp3) is 0.429. The Labute approximate surface area is 112 Å². The second-order valence-corrected chi connectivity index (χ2v) is 4.52. The number of carbonyl (C=O) groups excluding carboxylic acids is 1. The number of amides is 1. The van der Waals surface area contributed by atoms with E-state index in [2.05, 4.69) is 16.9 Å². The first kappa shape index (κ1) is 13.5. The van der Waals surface area contributed by atoms with Gasteiger partial charge in [0, 0.05) is 11.8 Å². The molecule has 0 saturated heterocycles. The number of rotatable bonds is 6. The van der Waals surface area contributed by atoms with Gasteiger partial charge in [0.25, 0.3) is 0 Å². The van der Waals surface area contributed by atoms with Gasteiger partial charge in [-0.2, -0.15) is 0 Å². The predicted molar refractivity (Wildman–Crippen MR) is 70.6 cm³/mol. The maximum atomic E-state index is 11.4. The van der Waals surface area contributed by atoms with E-state index in [1.807, 2.05) is 6.07 Å². The number of aromatic nitrogens is 1. The van der Waals surface area contributed by atoms with Crippen molar-refractivity contribution in [1.82, 2.24) is 10.3 Å². The summed E-state index contributed by atoms with van der Waals surface area (Å²) in [4.78, 5) is 15.6. The highest BCUT2D eigenvalue weighted by molar-refractivity contribution is 5.78. The molecular weight excluding hydrogens is 244 g/mol. The van der Waals surface area contributed by atoms with Crippen LogP contribution in [0.1, 0.15) is 24.8 Å². The van der Waals surface area contributed by atoms with Crippen LogP contribution < -0.4 is 10.1 Å². The van der Waals surface area contributed by atoms with Gasteiger partial charge in [-0.25, -0.2) is 0 Å². The van der Waals surface area contributed by atoms with Crippen molar-refractivity contribution >= 4 is 5.91 Å². The number of methoxy groups -OCH3 is 1.